The predicted octanol–water partition coefficient (Wildman–Crippen LogP) is 2.37. The van der Waals surface area contributed by atoms with Crippen molar-refractivity contribution in [1.29, 1.82) is 0 Å². The summed E-state index contributed by atoms with van der Waals surface area (Å²) in [5.41, 5.74) is 0.806. The number of benzene rings is 2. The molecule has 0 unspecified atom stereocenters. The van der Waals surface area contributed by atoms with E-state index < -0.39 is 11.9 Å². The van der Waals surface area contributed by atoms with Gasteiger partial charge in [0.25, 0.3) is 6.47 Å². The molecule has 0 bridgehead atoms. The van der Waals surface area contributed by atoms with E-state index in [0.717, 1.165) is 0 Å². The van der Waals surface area contributed by atoms with Crippen molar-refractivity contribution in [2.24, 2.45) is 4.99 Å². The van der Waals surface area contributed by atoms with Gasteiger partial charge in [-0.25, -0.2) is 9.59 Å². The molecule has 0 radical (unpaired) electrons. The van der Waals surface area contributed by atoms with E-state index in [-0.39, 0.29) is 29.0 Å². The molecule has 7 nitrogen and oxygen atoms in total. The van der Waals surface area contributed by atoms with Crippen molar-refractivity contribution in [2.45, 2.75) is 0 Å². The minimum absolute atomic E-state index is 0.0475. The summed E-state index contributed by atoms with van der Waals surface area (Å²) < 4.78 is 4.64. The molecule has 0 fully saturated rings. The summed E-state index contributed by atoms with van der Waals surface area (Å²) in [6, 6.07) is 9.98. The molecule has 0 heterocycles. The Morgan fingerprint density at radius 3 is 2.39 bits per heavy atom. The zero-order valence-electron chi connectivity index (χ0n) is 11.7. The van der Waals surface area contributed by atoms with E-state index in [1.807, 2.05) is 0 Å². The second kappa shape index (κ2) is 6.99. The van der Waals surface area contributed by atoms with Crippen molar-refractivity contribution in [3.8, 4) is 5.75 Å². The van der Waals surface area contributed by atoms with Crippen LogP contribution in [-0.2, 0) is 4.79 Å². The Morgan fingerprint density at radius 2 is 1.74 bits per heavy atom. The summed E-state index contributed by atoms with van der Waals surface area (Å²) in [6.07, 6.45) is 1.39. The highest BCUT2D eigenvalue weighted by Crippen LogP contribution is 2.23. The molecule has 0 saturated heterocycles. The standard InChI is InChI=1S/C16H11NO6/c18-9-23-14-6-12(16(21)22)5-13(7-14)17-8-10-2-1-3-11(4-10)15(19)20/h1-9H,(H,19,20)(H,21,22)/b17-8+. The molecular weight excluding hydrogens is 302 g/mol. The Morgan fingerprint density at radius 1 is 1.00 bits per heavy atom. The van der Waals surface area contributed by atoms with Crippen molar-refractivity contribution in [2.75, 3.05) is 0 Å². The highest BCUT2D eigenvalue weighted by Gasteiger charge is 2.08. The van der Waals surface area contributed by atoms with E-state index in [4.69, 9.17) is 10.2 Å². The van der Waals surface area contributed by atoms with Gasteiger partial charge in [0.05, 0.1) is 16.8 Å². The molecule has 2 aromatic carbocycles. The van der Waals surface area contributed by atoms with Crippen molar-refractivity contribution in [3.05, 3.63) is 59.2 Å². The molecule has 0 amide bonds. The number of aromatic carboxylic acids is 2. The molecule has 2 N–H and O–H groups in total. The van der Waals surface area contributed by atoms with Gasteiger partial charge in [-0.05, 0) is 29.8 Å². The molecule has 0 aliphatic rings. The van der Waals surface area contributed by atoms with E-state index in [1.54, 1.807) is 12.1 Å². The number of carbonyl (C=O) groups is 3. The summed E-state index contributed by atoms with van der Waals surface area (Å²) in [7, 11) is 0. The van der Waals surface area contributed by atoms with Crippen molar-refractivity contribution >= 4 is 30.3 Å². The van der Waals surface area contributed by atoms with Gasteiger partial charge in [-0.3, -0.25) is 9.79 Å². The maximum atomic E-state index is 11.0. The predicted molar refractivity (Wildman–Crippen MR) is 80.7 cm³/mol. The Kier molecular flexibility index (Phi) is 4.83. The van der Waals surface area contributed by atoms with Crippen LogP contribution in [0.2, 0.25) is 0 Å². The van der Waals surface area contributed by atoms with Crippen LogP contribution in [0.1, 0.15) is 26.3 Å². The zero-order valence-corrected chi connectivity index (χ0v) is 11.7. The summed E-state index contributed by atoms with van der Waals surface area (Å²) in [6.45, 7) is 0.185. The van der Waals surface area contributed by atoms with Crippen LogP contribution in [0.4, 0.5) is 5.69 Å². The third-order valence-electron chi connectivity index (χ3n) is 2.82. The van der Waals surface area contributed by atoms with Gasteiger partial charge in [-0.15, -0.1) is 0 Å². The fraction of sp³-hybridized carbons (Fsp3) is 0. The number of aliphatic imine (C=N–C) groups is 1. The van der Waals surface area contributed by atoms with Crippen molar-refractivity contribution < 1.29 is 29.3 Å². The summed E-state index contributed by atoms with van der Waals surface area (Å²) in [5, 5.41) is 18.0. The normalized spacial score (nSPS) is 10.4. The summed E-state index contributed by atoms with van der Waals surface area (Å²) in [5.74, 6) is -2.20. The van der Waals surface area contributed by atoms with E-state index >= 15 is 0 Å². The molecule has 2 aromatic rings. The molecule has 7 heteroatoms. The second-order valence-electron chi connectivity index (χ2n) is 4.42. The van der Waals surface area contributed by atoms with Gasteiger partial charge >= 0.3 is 11.9 Å². The molecule has 0 aliphatic carbocycles. The van der Waals surface area contributed by atoms with Crippen LogP contribution >= 0.6 is 0 Å². The van der Waals surface area contributed by atoms with Crippen molar-refractivity contribution in [1.82, 2.24) is 0 Å². The van der Waals surface area contributed by atoms with Crippen LogP contribution in [0, 0.1) is 0 Å². The summed E-state index contributed by atoms with van der Waals surface area (Å²) in [4.78, 5) is 36.4. The first-order valence-corrected chi connectivity index (χ1v) is 6.35. The highest BCUT2D eigenvalue weighted by atomic mass is 16.5. The van der Waals surface area contributed by atoms with Gasteiger partial charge in [0.1, 0.15) is 5.75 Å². The fourth-order valence-corrected chi connectivity index (χ4v) is 1.81. The Bertz CT molecular complexity index is 797. The maximum Gasteiger partial charge on any atom is 0.335 e. The van der Waals surface area contributed by atoms with E-state index in [1.165, 1.54) is 36.5 Å². The van der Waals surface area contributed by atoms with Gasteiger partial charge in [0.2, 0.25) is 0 Å². The zero-order chi connectivity index (χ0) is 16.8. The number of carboxylic acids is 2. The number of carbonyl (C=O) groups excluding carboxylic acids is 1. The molecule has 0 aliphatic heterocycles. The van der Waals surface area contributed by atoms with E-state index in [0.29, 0.717) is 5.56 Å². The van der Waals surface area contributed by atoms with Gasteiger partial charge in [0.15, 0.2) is 0 Å². The third-order valence-corrected chi connectivity index (χ3v) is 2.82. The smallest absolute Gasteiger partial charge is 0.335 e. The lowest BCUT2D eigenvalue weighted by atomic mass is 10.1. The average Bonchev–Trinajstić information content (AvgIpc) is 2.53. The lowest BCUT2D eigenvalue weighted by Gasteiger charge is -2.03. The SMILES string of the molecule is O=COc1cc(/N=C/c2cccc(C(=O)O)c2)cc(C(=O)O)c1. The fourth-order valence-electron chi connectivity index (χ4n) is 1.81. The monoisotopic (exact) mass is 313 g/mol. The number of hydrogen-bond acceptors (Lipinski definition) is 5. The van der Waals surface area contributed by atoms with Crippen molar-refractivity contribution in [3.63, 3.8) is 0 Å². The second-order valence-corrected chi connectivity index (χ2v) is 4.42. The molecule has 2 rings (SSSR count). The maximum absolute atomic E-state index is 11.0. The van der Waals surface area contributed by atoms with E-state index in [9.17, 15) is 14.4 Å². The molecular formula is C16H11NO6. The van der Waals surface area contributed by atoms with Gasteiger partial charge in [-0.2, -0.15) is 0 Å². The van der Waals surface area contributed by atoms with Crippen LogP contribution in [0.5, 0.6) is 5.75 Å². The molecule has 0 aromatic heterocycles. The number of ether oxygens (including phenoxy) is 1. The van der Waals surface area contributed by atoms with E-state index in [2.05, 4.69) is 9.73 Å². The van der Waals surface area contributed by atoms with Crippen LogP contribution in [0.25, 0.3) is 0 Å². The lowest BCUT2D eigenvalue weighted by Crippen LogP contribution is -1.98. The van der Waals surface area contributed by atoms with Gasteiger partial charge in [-0.1, -0.05) is 12.1 Å². The topological polar surface area (TPSA) is 113 Å². The minimum Gasteiger partial charge on any atom is -0.478 e. The van der Waals surface area contributed by atoms with Gasteiger partial charge in [0, 0.05) is 12.3 Å². The highest BCUT2D eigenvalue weighted by molar-refractivity contribution is 5.92. The number of hydrogen-bond donors (Lipinski definition) is 2. The summed E-state index contributed by atoms with van der Waals surface area (Å²) >= 11 is 0. The van der Waals surface area contributed by atoms with Gasteiger partial charge < -0.3 is 14.9 Å². The molecule has 0 saturated carbocycles. The quantitative estimate of drug-likeness (QED) is 0.625. The molecule has 0 spiro atoms. The molecule has 23 heavy (non-hydrogen) atoms. The largest absolute Gasteiger partial charge is 0.478 e. The molecule has 116 valence electrons. The van der Waals surface area contributed by atoms with Crippen LogP contribution in [0.3, 0.4) is 0 Å². The number of carboxylic acid groups (broad SMARTS) is 2. The number of nitrogens with zero attached hydrogens (tertiary/aromatic N) is 1. The Hall–Kier alpha value is -3.48. The minimum atomic E-state index is -1.19. The van der Waals surface area contributed by atoms with Crippen LogP contribution < -0.4 is 4.74 Å². The average molecular weight is 313 g/mol. The first kappa shape index (κ1) is 15.9. The molecule has 0 atom stereocenters. The number of rotatable bonds is 6. The first-order chi connectivity index (χ1) is 11.0. The Labute approximate surface area is 130 Å². The lowest BCUT2D eigenvalue weighted by molar-refractivity contribution is -0.120. The van der Waals surface area contributed by atoms with Crippen LogP contribution in [0.15, 0.2) is 47.5 Å². The van der Waals surface area contributed by atoms with Crippen LogP contribution in [-0.4, -0.2) is 34.8 Å². The first-order valence-electron chi connectivity index (χ1n) is 6.35. The third kappa shape index (κ3) is 4.24. The Balaban J connectivity index is 2.34.